The Labute approximate surface area is 119 Å². The smallest absolute Gasteiger partial charge is 0.321 e. The highest BCUT2D eigenvalue weighted by Crippen LogP contribution is 2.16. The van der Waals surface area contributed by atoms with Gasteiger partial charge in [-0.15, -0.1) is 0 Å². The van der Waals surface area contributed by atoms with Crippen LogP contribution in [0.4, 0.5) is 10.5 Å². The highest BCUT2D eigenvalue weighted by molar-refractivity contribution is 5.98. The first-order valence-electron chi connectivity index (χ1n) is 6.60. The molecule has 0 aliphatic carbocycles. The van der Waals surface area contributed by atoms with Gasteiger partial charge in [0.15, 0.2) is 0 Å². The number of amides is 3. The van der Waals surface area contributed by atoms with Crippen LogP contribution in [0.2, 0.25) is 0 Å². The summed E-state index contributed by atoms with van der Waals surface area (Å²) in [5.74, 6) is -0.346. The maximum Gasteiger partial charge on any atom is 0.321 e. The maximum absolute atomic E-state index is 11.9. The van der Waals surface area contributed by atoms with Crippen molar-refractivity contribution >= 4 is 17.6 Å². The number of carbonyl (C=O) groups excluding carboxylic acids is 2. The van der Waals surface area contributed by atoms with E-state index in [1.807, 2.05) is 24.3 Å². The Balaban J connectivity index is 2.67. The Morgan fingerprint density at radius 3 is 2.40 bits per heavy atom. The molecule has 1 aromatic carbocycles. The number of imide groups is 1. The Kier molecular flexibility index (Phi) is 5.99. The molecule has 0 radical (unpaired) electrons. The number of hydrogen-bond acceptors (Lipinski definition) is 4. The second kappa shape index (κ2) is 7.49. The van der Waals surface area contributed by atoms with Crippen LogP contribution in [-0.4, -0.2) is 31.6 Å². The number of rotatable bonds is 5. The number of likely N-dealkylation sites (N-methyl/N-ethyl adjacent to an activating group) is 1. The van der Waals surface area contributed by atoms with Gasteiger partial charge in [-0.2, -0.15) is 0 Å². The molecule has 0 aliphatic heterocycles. The first-order chi connectivity index (χ1) is 9.49. The van der Waals surface area contributed by atoms with E-state index in [0.29, 0.717) is 13.1 Å². The average molecular weight is 278 g/mol. The fourth-order valence-electron chi connectivity index (χ4n) is 1.69. The normalized spacial score (nSPS) is 11.6. The second-order valence-corrected chi connectivity index (χ2v) is 4.51. The molecule has 0 bridgehead atoms. The van der Waals surface area contributed by atoms with Crippen LogP contribution in [0.15, 0.2) is 24.3 Å². The van der Waals surface area contributed by atoms with Crippen molar-refractivity contribution in [3.8, 4) is 0 Å². The minimum absolute atomic E-state index is 0.346. The van der Waals surface area contributed by atoms with Gasteiger partial charge >= 0.3 is 6.03 Å². The van der Waals surface area contributed by atoms with Gasteiger partial charge in [0, 0.05) is 25.8 Å². The van der Waals surface area contributed by atoms with E-state index in [1.165, 1.54) is 0 Å². The largest absolute Gasteiger partial charge is 0.363 e. The summed E-state index contributed by atoms with van der Waals surface area (Å²) in [6, 6.07) is 6.70. The van der Waals surface area contributed by atoms with Crippen molar-refractivity contribution in [2.24, 2.45) is 5.73 Å². The van der Waals surface area contributed by atoms with E-state index in [1.54, 1.807) is 25.8 Å². The van der Waals surface area contributed by atoms with Gasteiger partial charge in [0.25, 0.3) is 0 Å². The average Bonchev–Trinajstić information content (AvgIpc) is 2.46. The summed E-state index contributed by atoms with van der Waals surface area (Å²) in [5, 5.41) is 4.82. The van der Waals surface area contributed by atoms with Crippen LogP contribution >= 0.6 is 0 Å². The van der Waals surface area contributed by atoms with Crippen LogP contribution in [0.1, 0.15) is 19.4 Å². The van der Waals surface area contributed by atoms with Crippen LogP contribution < -0.4 is 21.3 Å². The van der Waals surface area contributed by atoms with Crippen LogP contribution in [0.5, 0.6) is 0 Å². The van der Waals surface area contributed by atoms with Crippen molar-refractivity contribution < 1.29 is 9.59 Å². The number of hydrogen-bond donors (Lipinski definition) is 3. The van der Waals surface area contributed by atoms with Crippen molar-refractivity contribution in [2.75, 3.05) is 18.5 Å². The van der Waals surface area contributed by atoms with Crippen molar-refractivity contribution in [2.45, 2.75) is 26.4 Å². The van der Waals surface area contributed by atoms with Gasteiger partial charge in [-0.3, -0.25) is 10.1 Å². The quantitative estimate of drug-likeness (QED) is 0.744. The summed E-state index contributed by atoms with van der Waals surface area (Å²) in [4.78, 5) is 25.1. The van der Waals surface area contributed by atoms with E-state index < -0.39 is 12.1 Å². The summed E-state index contributed by atoms with van der Waals surface area (Å²) in [6.07, 6.45) is 0. The third-order valence-corrected chi connectivity index (χ3v) is 3.11. The molecular weight excluding hydrogens is 256 g/mol. The Morgan fingerprint density at radius 1 is 1.30 bits per heavy atom. The first-order valence-corrected chi connectivity index (χ1v) is 6.60. The Hall–Kier alpha value is -2.08. The lowest BCUT2D eigenvalue weighted by atomic mass is 10.1. The molecule has 0 heterocycles. The monoisotopic (exact) mass is 278 g/mol. The molecule has 3 amide bonds. The predicted octanol–water partition coefficient (Wildman–Crippen LogP) is 0.816. The lowest BCUT2D eigenvalue weighted by Gasteiger charge is -2.26. The van der Waals surface area contributed by atoms with Gasteiger partial charge in [0.05, 0.1) is 0 Å². The number of nitrogens with two attached hydrogens (primary N) is 1. The number of carbonyl (C=O) groups is 2. The highest BCUT2D eigenvalue weighted by Gasteiger charge is 2.20. The molecule has 6 heteroatoms. The molecular formula is C14H22N4O2. The molecule has 6 nitrogen and oxygen atoms in total. The van der Waals surface area contributed by atoms with Gasteiger partial charge in [-0.25, -0.2) is 4.79 Å². The minimum Gasteiger partial charge on any atom is -0.363 e. The summed E-state index contributed by atoms with van der Waals surface area (Å²) < 4.78 is 0. The lowest BCUT2D eigenvalue weighted by Crippen LogP contribution is -2.48. The van der Waals surface area contributed by atoms with E-state index in [0.717, 1.165) is 11.3 Å². The molecule has 1 unspecified atom stereocenters. The Bertz CT molecular complexity index is 459. The van der Waals surface area contributed by atoms with Crippen LogP contribution in [0.25, 0.3) is 0 Å². The molecule has 4 N–H and O–H groups in total. The molecule has 0 spiro atoms. The Morgan fingerprint density at radius 2 is 1.90 bits per heavy atom. The molecule has 20 heavy (non-hydrogen) atoms. The zero-order chi connectivity index (χ0) is 15.1. The third-order valence-electron chi connectivity index (χ3n) is 3.11. The molecule has 0 saturated carbocycles. The molecule has 1 aromatic rings. The maximum atomic E-state index is 11.9. The van der Waals surface area contributed by atoms with E-state index >= 15 is 0 Å². The molecule has 110 valence electrons. The first kappa shape index (κ1) is 16.0. The van der Waals surface area contributed by atoms with Gasteiger partial charge in [-0.1, -0.05) is 12.1 Å². The van der Waals surface area contributed by atoms with E-state index in [-0.39, 0.29) is 5.91 Å². The topological polar surface area (TPSA) is 87.5 Å². The predicted molar refractivity (Wildman–Crippen MR) is 79.4 cm³/mol. The van der Waals surface area contributed by atoms with Gasteiger partial charge in [0.1, 0.15) is 6.04 Å². The van der Waals surface area contributed by atoms with Crippen molar-refractivity contribution in [1.29, 1.82) is 0 Å². The van der Waals surface area contributed by atoms with Gasteiger partial charge < -0.3 is 16.0 Å². The van der Waals surface area contributed by atoms with Crippen molar-refractivity contribution in [1.82, 2.24) is 10.6 Å². The zero-order valence-electron chi connectivity index (χ0n) is 12.1. The summed E-state index contributed by atoms with van der Waals surface area (Å²) in [6.45, 7) is 4.49. The number of benzene rings is 1. The van der Waals surface area contributed by atoms with Crippen LogP contribution in [0, 0.1) is 0 Å². The number of urea groups is 1. The van der Waals surface area contributed by atoms with Crippen molar-refractivity contribution in [3.05, 3.63) is 29.8 Å². The van der Waals surface area contributed by atoms with Gasteiger partial charge in [0.2, 0.25) is 5.91 Å². The minimum atomic E-state index is -0.476. The molecule has 0 fully saturated rings. The highest BCUT2D eigenvalue weighted by atomic mass is 16.2. The number of anilines is 1. The van der Waals surface area contributed by atoms with Crippen LogP contribution in [0.3, 0.4) is 0 Å². The molecule has 1 atom stereocenters. The SMILES string of the molecule is CCNC(=O)NC(=O)C(C)N(C)c1ccc(CN)cc1. The fraction of sp³-hybridized carbons (Fsp3) is 0.429. The fourth-order valence-corrected chi connectivity index (χ4v) is 1.69. The summed E-state index contributed by atoms with van der Waals surface area (Å²) in [7, 11) is 1.80. The number of nitrogens with one attached hydrogen (secondary N) is 2. The third kappa shape index (κ3) is 4.24. The van der Waals surface area contributed by atoms with E-state index in [9.17, 15) is 9.59 Å². The van der Waals surface area contributed by atoms with E-state index in [2.05, 4.69) is 10.6 Å². The molecule has 0 aromatic heterocycles. The molecule has 0 aliphatic rings. The summed E-state index contributed by atoms with van der Waals surface area (Å²) >= 11 is 0. The van der Waals surface area contributed by atoms with Gasteiger partial charge in [-0.05, 0) is 31.5 Å². The molecule has 0 saturated heterocycles. The lowest BCUT2D eigenvalue weighted by molar-refractivity contribution is -0.120. The number of nitrogens with zero attached hydrogens (tertiary/aromatic N) is 1. The zero-order valence-corrected chi connectivity index (χ0v) is 12.1. The van der Waals surface area contributed by atoms with Crippen molar-refractivity contribution in [3.63, 3.8) is 0 Å². The molecule has 1 rings (SSSR count). The second-order valence-electron chi connectivity index (χ2n) is 4.51. The van der Waals surface area contributed by atoms with Crippen LogP contribution in [-0.2, 0) is 11.3 Å². The van der Waals surface area contributed by atoms with E-state index in [4.69, 9.17) is 5.73 Å². The standard InChI is InChI=1S/C14H22N4O2/c1-4-16-14(20)17-13(19)10(2)18(3)12-7-5-11(9-15)6-8-12/h5-8,10H,4,9,15H2,1-3H3,(H2,16,17,19,20). The summed E-state index contributed by atoms with van der Waals surface area (Å²) in [5.41, 5.74) is 7.46.